The van der Waals surface area contributed by atoms with Crippen molar-refractivity contribution in [3.05, 3.63) is 35.8 Å². The van der Waals surface area contributed by atoms with Crippen molar-refractivity contribution in [1.82, 2.24) is 10.2 Å². The summed E-state index contributed by atoms with van der Waals surface area (Å²) in [6, 6.07) is 3.86. The molecule has 0 radical (unpaired) electrons. The topological polar surface area (TPSA) is 104 Å². The maximum atomic E-state index is 14.2. The molecule has 8 heteroatoms. The van der Waals surface area contributed by atoms with Gasteiger partial charge in [0.15, 0.2) is 0 Å². The molecule has 0 aliphatic carbocycles. The summed E-state index contributed by atoms with van der Waals surface area (Å²) in [6.07, 6.45) is 0.390. The van der Waals surface area contributed by atoms with Gasteiger partial charge in [0.05, 0.1) is 11.9 Å². The van der Waals surface area contributed by atoms with Gasteiger partial charge in [0, 0.05) is 11.3 Å². The van der Waals surface area contributed by atoms with Gasteiger partial charge in [0.1, 0.15) is 17.0 Å². The first-order valence-corrected chi connectivity index (χ1v) is 6.74. The Kier molecular flexibility index (Phi) is 4.35. The van der Waals surface area contributed by atoms with Gasteiger partial charge in [-0.1, -0.05) is 0 Å². The summed E-state index contributed by atoms with van der Waals surface area (Å²) in [4.78, 5) is 22.7. The van der Waals surface area contributed by atoms with Crippen molar-refractivity contribution in [1.29, 1.82) is 0 Å². The number of nitrogens with zero attached hydrogens (tertiary/aromatic N) is 1. The van der Waals surface area contributed by atoms with Gasteiger partial charge in [0.25, 0.3) is 0 Å². The maximum Gasteiger partial charge on any atom is 0.412 e. The number of amides is 1. The molecule has 0 aliphatic heterocycles. The highest BCUT2D eigenvalue weighted by Crippen LogP contribution is 2.26. The number of carbonyl (C=O) groups is 2. The molecule has 122 valence electrons. The van der Waals surface area contributed by atoms with E-state index in [0.717, 1.165) is 12.3 Å². The summed E-state index contributed by atoms with van der Waals surface area (Å²) in [5.74, 6) is -1.92. The summed E-state index contributed by atoms with van der Waals surface area (Å²) in [5, 5.41) is 17.5. The number of H-pyrrole nitrogens is 1. The predicted octanol–water partition coefficient (Wildman–Crippen LogP) is 3.26. The number of carboxylic acids is 1. The molecule has 1 aromatic carbocycles. The summed E-state index contributed by atoms with van der Waals surface area (Å²) in [6.45, 7) is 5.13. The normalized spacial score (nSPS) is 11.1. The lowest BCUT2D eigenvalue weighted by Gasteiger charge is -2.19. The van der Waals surface area contributed by atoms with Gasteiger partial charge in [-0.2, -0.15) is 5.10 Å². The fraction of sp³-hybridized carbons (Fsp3) is 0.267. The van der Waals surface area contributed by atoms with Gasteiger partial charge in [-0.25, -0.2) is 14.0 Å². The Bertz CT molecular complexity index is 749. The molecule has 0 saturated carbocycles. The van der Waals surface area contributed by atoms with E-state index in [0.29, 0.717) is 0 Å². The first kappa shape index (κ1) is 16.5. The van der Waals surface area contributed by atoms with Crippen LogP contribution in [0.5, 0.6) is 0 Å². The monoisotopic (exact) mass is 321 g/mol. The van der Waals surface area contributed by atoms with E-state index in [1.54, 1.807) is 20.8 Å². The second-order valence-electron chi connectivity index (χ2n) is 5.79. The molecule has 1 aromatic heterocycles. The minimum atomic E-state index is -1.22. The number of benzene rings is 1. The molecule has 0 saturated heterocycles. The van der Waals surface area contributed by atoms with Crippen LogP contribution in [0.15, 0.2) is 24.4 Å². The summed E-state index contributed by atoms with van der Waals surface area (Å²) < 4.78 is 19.3. The fourth-order valence-electron chi connectivity index (χ4n) is 1.87. The number of halogens is 1. The molecule has 3 N–H and O–H groups in total. The molecule has 2 aromatic rings. The van der Waals surface area contributed by atoms with Crippen molar-refractivity contribution in [3.63, 3.8) is 0 Å². The number of aromatic carboxylic acids is 1. The van der Waals surface area contributed by atoms with E-state index in [1.807, 2.05) is 0 Å². The number of carboxylic acid groups (broad SMARTS) is 1. The summed E-state index contributed by atoms with van der Waals surface area (Å²) >= 11 is 0. The summed E-state index contributed by atoms with van der Waals surface area (Å²) in [7, 11) is 0. The van der Waals surface area contributed by atoms with Gasteiger partial charge in [-0.15, -0.1) is 0 Å². The Morgan fingerprint density at radius 2 is 2.04 bits per heavy atom. The van der Waals surface area contributed by atoms with Crippen LogP contribution in [-0.4, -0.2) is 33.0 Å². The van der Waals surface area contributed by atoms with Gasteiger partial charge in [0.2, 0.25) is 0 Å². The fourth-order valence-corrected chi connectivity index (χ4v) is 1.87. The minimum absolute atomic E-state index is 0.0367. The first-order valence-electron chi connectivity index (χ1n) is 6.74. The summed E-state index contributed by atoms with van der Waals surface area (Å²) in [5.41, 5.74) is -0.531. The first-order chi connectivity index (χ1) is 10.7. The lowest BCUT2D eigenvalue weighted by Crippen LogP contribution is -2.27. The molecule has 0 bridgehead atoms. The number of aromatic amines is 1. The molecule has 2 rings (SSSR count). The van der Waals surface area contributed by atoms with Crippen LogP contribution in [0.4, 0.5) is 14.9 Å². The van der Waals surface area contributed by atoms with E-state index < -0.39 is 23.5 Å². The van der Waals surface area contributed by atoms with E-state index in [-0.39, 0.29) is 22.5 Å². The predicted molar refractivity (Wildman–Crippen MR) is 80.8 cm³/mol. The van der Waals surface area contributed by atoms with Gasteiger partial charge >= 0.3 is 12.1 Å². The quantitative estimate of drug-likeness (QED) is 0.805. The van der Waals surface area contributed by atoms with Gasteiger partial charge < -0.3 is 9.84 Å². The average molecular weight is 321 g/mol. The zero-order valence-corrected chi connectivity index (χ0v) is 12.8. The Balaban J connectivity index is 2.23. The van der Waals surface area contributed by atoms with Crippen molar-refractivity contribution in [2.75, 3.05) is 5.32 Å². The Morgan fingerprint density at radius 3 is 2.61 bits per heavy atom. The van der Waals surface area contributed by atoms with Crippen LogP contribution < -0.4 is 5.32 Å². The highest BCUT2D eigenvalue weighted by Gasteiger charge is 2.19. The zero-order chi connectivity index (χ0) is 17.2. The van der Waals surface area contributed by atoms with Crippen LogP contribution in [0.25, 0.3) is 11.3 Å². The molecular weight excluding hydrogens is 305 g/mol. The number of hydrogen-bond donors (Lipinski definition) is 3. The third-order valence-electron chi connectivity index (χ3n) is 2.75. The molecule has 0 unspecified atom stereocenters. The molecule has 1 heterocycles. The SMILES string of the molecule is CC(C)(C)OC(=O)Nc1ccc(-c2[nH]ncc2C(=O)O)c(F)c1. The van der Waals surface area contributed by atoms with E-state index >= 15 is 0 Å². The highest BCUT2D eigenvalue weighted by atomic mass is 19.1. The van der Waals surface area contributed by atoms with Crippen molar-refractivity contribution in [2.45, 2.75) is 26.4 Å². The maximum absolute atomic E-state index is 14.2. The number of rotatable bonds is 3. The minimum Gasteiger partial charge on any atom is -0.478 e. The second kappa shape index (κ2) is 6.07. The molecule has 7 nitrogen and oxygen atoms in total. The van der Waals surface area contributed by atoms with Gasteiger partial charge in [-0.3, -0.25) is 10.4 Å². The van der Waals surface area contributed by atoms with Crippen LogP contribution in [0.2, 0.25) is 0 Å². The van der Waals surface area contributed by atoms with E-state index in [4.69, 9.17) is 9.84 Å². The number of anilines is 1. The molecule has 23 heavy (non-hydrogen) atoms. The standard InChI is InChI=1S/C15H16FN3O4/c1-15(2,3)23-14(22)18-8-4-5-9(11(16)6-8)12-10(13(20)21)7-17-19-12/h4-7H,1-3H3,(H,17,19)(H,18,22)(H,20,21). The molecule has 0 atom stereocenters. The molecule has 0 fully saturated rings. The zero-order valence-electron chi connectivity index (χ0n) is 12.8. The van der Waals surface area contributed by atoms with Crippen molar-refractivity contribution in [2.24, 2.45) is 0 Å². The largest absolute Gasteiger partial charge is 0.478 e. The van der Waals surface area contributed by atoms with Gasteiger partial charge in [-0.05, 0) is 39.0 Å². The third kappa shape index (κ3) is 4.06. The van der Waals surface area contributed by atoms with E-state index in [9.17, 15) is 14.0 Å². The Morgan fingerprint density at radius 1 is 1.35 bits per heavy atom. The number of carbonyl (C=O) groups excluding carboxylic acids is 1. The molecule has 0 aliphatic rings. The third-order valence-corrected chi connectivity index (χ3v) is 2.75. The Labute approximate surface area is 131 Å². The average Bonchev–Trinajstić information content (AvgIpc) is 2.85. The number of nitrogens with one attached hydrogen (secondary N) is 2. The second-order valence-corrected chi connectivity index (χ2v) is 5.79. The number of aromatic nitrogens is 2. The number of ether oxygens (including phenoxy) is 1. The molecule has 1 amide bonds. The van der Waals surface area contributed by atoms with Crippen molar-refractivity contribution < 1.29 is 23.8 Å². The lowest BCUT2D eigenvalue weighted by molar-refractivity contribution is 0.0634. The molecule has 0 spiro atoms. The Hall–Kier alpha value is -2.90. The van der Waals surface area contributed by atoms with Crippen molar-refractivity contribution in [3.8, 4) is 11.3 Å². The lowest BCUT2D eigenvalue weighted by atomic mass is 10.1. The van der Waals surface area contributed by atoms with Crippen LogP contribution in [0, 0.1) is 5.82 Å². The van der Waals surface area contributed by atoms with E-state index in [1.165, 1.54) is 12.1 Å². The number of hydrogen-bond acceptors (Lipinski definition) is 4. The van der Waals surface area contributed by atoms with Crippen LogP contribution in [0.1, 0.15) is 31.1 Å². The van der Waals surface area contributed by atoms with E-state index in [2.05, 4.69) is 15.5 Å². The highest BCUT2D eigenvalue weighted by molar-refractivity contribution is 5.95. The van der Waals surface area contributed by atoms with Crippen LogP contribution >= 0.6 is 0 Å². The smallest absolute Gasteiger partial charge is 0.412 e. The van der Waals surface area contributed by atoms with Crippen molar-refractivity contribution >= 4 is 17.7 Å². The van der Waals surface area contributed by atoms with Crippen LogP contribution in [-0.2, 0) is 4.74 Å². The van der Waals surface area contributed by atoms with Crippen LogP contribution in [0.3, 0.4) is 0 Å². The molecular formula is C15H16FN3O4.